The zero-order valence-corrected chi connectivity index (χ0v) is 24.7. The van der Waals surface area contributed by atoms with Gasteiger partial charge in [-0.1, -0.05) is 53.2 Å². The molecule has 3 aromatic rings. The van der Waals surface area contributed by atoms with Crippen LogP contribution in [0.3, 0.4) is 0 Å². The summed E-state index contributed by atoms with van der Waals surface area (Å²) in [6, 6.07) is 21.1. The molecule has 3 rings (SSSR count). The van der Waals surface area contributed by atoms with Crippen molar-refractivity contribution in [2.45, 2.75) is 44.7 Å². The van der Waals surface area contributed by atoms with E-state index >= 15 is 0 Å². The molecule has 1 N–H and O–H groups in total. The number of ether oxygens (including phenoxy) is 1. The van der Waals surface area contributed by atoms with Crippen LogP contribution < -0.4 is 14.4 Å². The standard InChI is InChI=1S/C29H34BrN3O5S/c1-4-18-31-29(35)22(3)32(20-23-10-9-11-24(30)19-23)28(34)21-33(25-14-16-26(17-15-25)38-5-2)39(36,37)27-12-7-6-8-13-27/h6-17,19,22H,4-5,18,20-21H2,1-3H3,(H,31,35). The highest BCUT2D eigenvalue weighted by atomic mass is 79.9. The molecule has 39 heavy (non-hydrogen) atoms. The van der Waals surface area contributed by atoms with E-state index in [1.807, 2.05) is 38.1 Å². The molecule has 0 radical (unpaired) electrons. The number of carbonyl (C=O) groups is 2. The Morgan fingerprint density at radius 2 is 1.67 bits per heavy atom. The summed E-state index contributed by atoms with van der Waals surface area (Å²) in [7, 11) is -4.11. The number of anilines is 1. The molecule has 0 saturated heterocycles. The maximum Gasteiger partial charge on any atom is 0.264 e. The third-order valence-corrected chi connectivity index (χ3v) is 8.29. The van der Waals surface area contributed by atoms with Crippen molar-refractivity contribution in [2.75, 3.05) is 24.0 Å². The quantitative estimate of drug-likeness (QED) is 0.292. The number of carbonyl (C=O) groups excluding carboxylic acids is 2. The molecule has 0 saturated carbocycles. The summed E-state index contributed by atoms with van der Waals surface area (Å²) in [5.74, 6) is -0.233. The number of nitrogens with one attached hydrogen (secondary N) is 1. The molecule has 0 bridgehead atoms. The Hall–Kier alpha value is -3.37. The zero-order valence-electron chi connectivity index (χ0n) is 22.3. The monoisotopic (exact) mass is 615 g/mol. The molecule has 2 amide bonds. The average Bonchev–Trinajstić information content (AvgIpc) is 2.94. The van der Waals surface area contributed by atoms with Crippen LogP contribution in [0.25, 0.3) is 0 Å². The van der Waals surface area contributed by atoms with Gasteiger partial charge in [0.05, 0.1) is 17.2 Å². The van der Waals surface area contributed by atoms with E-state index in [1.165, 1.54) is 17.0 Å². The first-order chi connectivity index (χ1) is 18.7. The fourth-order valence-corrected chi connectivity index (χ4v) is 5.82. The predicted octanol–water partition coefficient (Wildman–Crippen LogP) is 4.99. The molecule has 1 atom stereocenters. The third-order valence-electron chi connectivity index (χ3n) is 6.00. The number of rotatable bonds is 13. The van der Waals surface area contributed by atoms with Gasteiger partial charge in [-0.3, -0.25) is 13.9 Å². The molecule has 0 aliphatic carbocycles. The second-order valence-corrected chi connectivity index (χ2v) is 11.6. The molecule has 0 heterocycles. The van der Waals surface area contributed by atoms with Gasteiger partial charge >= 0.3 is 0 Å². The van der Waals surface area contributed by atoms with Crippen LogP contribution in [-0.2, 0) is 26.2 Å². The first-order valence-corrected chi connectivity index (χ1v) is 15.0. The normalized spacial score (nSPS) is 11.9. The summed E-state index contributed by atoms with van der Waals surface area (Å²) in [6.45, 7) is 6.02. The molecule has 1 unspecified atom stereocenters. The molecule has 3 aromatic carbocycles. The Kier molecular flexibility index (Phi) is 10.9. The summed E-state index contributed by atoms with van der Waals surface area (Å²) < 4.78 is 35.0. The molecule has 208 valence electrons. The molecule has 0 aliphatic heterocycles. The number of sulfonamides is 1. The SMILES string of the molecule is CCCNC(=O)C(C)N(Cc1cccc(Br)c1)C(=O)CN(c1ccc(OCC)cc1)S(=O)(=O)c1ccccc1. The Balaban J connectivity index is 2.01. The van der Waals surface area contributed by atoms with E-state index in [0.717, 1.165) is 20.8 Å². The maximum atomic E-state index is 13.9. The Morgan fingerprint density at radius 1 is 0.974 bits per heavy atom. The first kappa shape index (κ1) is 30.2. The summed E-state index contributed by atoms with van der Waals surface area (Å²) in [5.41, 5.74) is 1.10. The molecule has 10 heteroatoms. The highest BCUT2D eigenvalue weighted by molar-refractivity contribution is 9.10. The van der Waals surface area contributed by atoms with Gasteiger partial charge in [-0.2, -0.15) is 0 Å². The van der Waals surface area contributed by atoms with E-state index in [0.29, 0.717) is 24.6 Å². The van der Waals surface area contributed by atoms with Gasteiger partial charge in [0, 0.05) is 17.6 Å². The molecule has 0 fully saturated rings. The number of hydrogen-bond acceptors (Lipinski definition) is 5. The molecule has 0 aliphatic rings. The second-order valence-electron chi connectivity index (χ2n) is 8.87. The van der Waals surface area contributed by atoms with Crippen LogP contribution in [0.5, 0.6) is 5.75 Å². The van der Waals surface area contributed by atoms with Crippen molar-refractivity contribution in [1.82, 2.24) is 10.2 Å². The molecular weight excluding hydrogens is 582 g/mol. The number of hydrogen-bond donors (Lipinski definition) is 1. The first-order valence-electron chi connectivity index (χ1n) is 12.8. The Morgan fingerprint density at radius 3 is 2.28 bits per heavy atom. The molecular formula is C29H34BrN3O5S. The van der Waals surface area contributed by atoms with Gasteiger partial charge < -0.3 is 15.0 Å². The van der Waals surface area contributed by atoms with E-state index in [-0.39, 0.29) is 17.3 Å². The van der Waals surface area contributed by atoms with E-state index in [4.69, 9.17) is 4.74 Å². The van der Waals surface area contributed by atoms with Gasteiger partial charge in [-0.15, -0.1) is 0 Å². The van der Waals surface area contributed by atoms with Gasteiger partial charge in [0.2, 0.25) is 11.8 Å². The maximum absolute atomic E-state index is 13.9. The smallest absolute Gasteiger partial charge is 0.264 e. The largest absolute Gasteiger partial charge is 0.494 e. The van der Waals surface area contributed by atoms with Crippen molar-refractivity contribution in [3.63, 3.8) is 0 Å². The molecule has 0 aromatic heterocycles. The van der Waals surface area contributed by atoms with Crippen LogP contribution in [0.4, 0.5) is 5.69 Å². The number of amides is 2. The lowest BCUT2D eigenvalue weighted by atomic mass is 10.1. The second kappa shape index (κ2) is 14.1. The molecule has 8 nitrogen and oxygen atoms in total. The van der Waals surface area contributed by atoms with Gasteiger partial charge in [-0.25, -0.2) is 8.42 Å². The van der Waals surface area contributed by atoms with Crippen LogP contribution in [0.2, 0.25) is 0 Å². The Labute approximate surface area is 239 Å². The van der Waals surface area contributed by atoms with Crippen molar-refractivity contribution < 1.29 is 22.7 Å². The fourth-order valence-electron chi connectivity index (χ4n) is 3.93. The van der Waals surface area contributed by atoms with Crippen LogP contribution in [0.1, 0.15) is 32.8 Å². The van der Waals surface area contributed by atoms with Crippen molar-refractivity contribution in [3.8, 4) is 5.75 Å². The summed E-state index contributed by atoms with van der Waals surface area (Å²) >= 11 is 3.45. The Bertz CT molecular complexity index is 1350. The lowest BCUT2D eigenvalue weighted by Crippen LogP contribution is -2.51. The van der Waals surface area contributed by atoms with Crippen LogP contribution in [0, 0.1) is 0 Å². The zero-order chi connectivity index (χ0) is 28.4. The third kappa shape index (κ3) is 8.06. The van der Waals surface area contributed by atoms with Crippen molar-refractivity contribution in [3.05, 3.63) is 88.9 Å². The van der Waals surface area contributed by atoms with Crippen LogP contribution in [-0.4, -0.2) is 50.9 Å². The van der Waals surface area contributed by atoms with Gasteiger partial charge in [0.1, 0.15) is 18.3 Å². The summed E-state index contributed by atoms with van der Waals surface area (Å²) in [4.78, 5) is 28.3. The van der Waals surface area contributed by atoms with Gasteiger partial charge in [0.15, 0.2) is 0 Å². The number of halogens is 1. The average molecular weight is 617 g/mol. The van der Waals surface area contributed by atoms with Crippen molar-refractivity contribution >= 4 is 43.5 Å². The highest BCUT2D eigenvalue weighted by Gasteiger charge is 2.32. The topological polar surface area (TPSA) is 96.0 Å². The fraction of sp³-hybridized carbons (Fsp3) is 0.310. The molecule has 0 spiro atoms. The number of benzene rings is 3. The van der Waals surface area contributed by atoms with Crippen molar-refractivity contribution in [2.24, 2.45) is 0 Å². The van der Waals surface area contributed by atoms with E-state index < -0.39 is 28.5 Å². The lowest BCUT2D eigenvalue weighted by Gasteiger charge is -2.32. The minimum atomic E-state index is -4.11. The van der Waals surface area contributed by atoms with Crippen LogP contribution >= 0.6 is 15.9 Å². The van der Waals surface area contributed by atoms with Crippen LogP contribution in [0.15, 0.2) is 88.2 Å². The van der Waals surface area contributed by atoms with Gasteiger partial charge in [0.25, 0.3) is 10.0 Å². The van der Waals surface area contributed by atoms with E-state index in [2.05, 4.69) is 21.2 Å². The van der Waals surface area contributed by atoms with Crippen molar-refractivity contribution in [1.29, 1.82) is 0 Å². The lowest BCUT2D eigenvalue weighted by molar-refractivity contribution is -0.139. The summed E-state index contributed by atoms with van der Waals surface area (Å²) in [5, 5.41) is 2.84. The minimum absolute atomic E-state index is 0.0546. The number of nitrogens with zero attached hydrogens (tertiary/aromatic N) is 2. The minimum Gasteiger partial charge on any atom is -0.494 e. The van der Waals surface area contributed by atoms with E-state index in [1.54, 1.807) is 49.4 Å². The van der Waals surface area contributed by atoms with Gasteiger partial charge in [-0.05, 0) is 74.4 Å². The predicted molar refractivity (Wildman–Crippen MR) is 156 cm³/mol. The van der Waals surface area contributed by atoms with E-state index in [9.17, 15) is 18.0 Å². The summed E-state index contributed by atoms with van der Waals surface area (Å²) in [6.07, 6.45) is 0.749. The highest BCUT2D eigenvalue weighted by Crippen LogP contribution is 2.27.